The number of benzene rings is 2. The summed E-state index contributed by atoms with van der Waals surface area (Å²) in [5, 5.41) is 4.25. The number of amides is 2. The van der Waals surface area contributed by atoms with Gasteiger partial charge in [0, 0.05) is 24.0 Å². The first-order chi connectivity index (χ1) is 16.5. The Morgan fingerprint density at radius 3 is 2.62 bits per heavy atom. The van der Waals surface area contributed by atoms with Gasteiger partial charge in [-0.15, -0.1) is 0 Å². The Labute approximate surface area is 200 Å². The van der Waals surface area contributed by atoms with Crippen LogP contribution in [0.25, 0.3) is 10.9 Å². The van der Waals surface area contributed by atoms with Gasteiger partial charge in [0.2, 0.25) is 5.91 Å². The fraction of sp³-hybridized carbons (Fsp3) is 0.429. The summed E-state index contributed by atoms with van der Waals surface area (Å²) >= 11 is 0. The van der Waals surface area contributed by atoms with Crippen molar-refractivity contribution >= 4 is 22.7 Å². The van der Waals surface area contributed by atoms with E-state index in [1.807, 2.05) is 58.9 Å². The van der Waals surface area contributed by atoms with Crippen molar-refractivity contribution in [3.8, 4) is 5.75 Å². The number of ether oxygens (including phenoxy) is 1. The van der Waals surface area contributed by atoms with Gasteiger partial charge < -0.3 is 19.5 Å². The zero-order valence-electron chi connectivity index (χ0n) is 20.0. The normalized spacial score (nSPS) is 20.5. The summed E-state index contributed by atoms with van der Waals surface area (Å²) in [5.74, 6) is 0.602. The van der Waals surface area contributed by atoms with E-state index in [1.54, 1.807) is 7.11 Å². The Balaban J connectivity index is 1.47. The molecule has 5 rings (SSSR count). The number of carbonyl (C=O) groups excluding carboxylic acids is 2. The number of aromatic nitrogens is 1. The van der Waals surface area contributed by atoms with Crippen LogP contribution in [0.2, 0.25) is 0 Å². The number of nitrogens with zero attached hydrogens (tertiary/aromatic N) is 2. The molecule has 1 saturated carbocycles. The van der Waals surface area contributed by atoms with Crippen LogP contribution in [0.3, 0.4) is 0 Å². The van der Waals surface area contributed by atoms with E-state index in [0.29, 0.717) is 18.8 Å². The lowest BCUT2D eigenvalue weighted by Gasteiger charge is -2.44. The van der Waals surface area contributed by atoms with Crippen molar-refractivity contribution < 1.29 is 14.3 Å². The molecule has 1 unspecified atom stereocenters. The predicted octanol–water partition coefficient (Wildman–Crippen LogP) is 4.56. The second-order valence-corrected chi connectivity index (χ2v) is 9.82. The average Bonchev–Trinajstić information content (AvgIpc) is 3.49. The van der Waals surface area contributed by atoms with Gasteiger partial charge in [0.1, 0.15) is 17.0 Å². The first-order valence-corrected chi connectivity index (χ1v) is 12.3. The molecule has 1 aromatic heterocycles. The summed E-state index contributed by atoms with van der Waals surface area (Å²) in [6.45, 7) is 2.88. The first-order valence-electron chi connectivity index (χ1n) is 12.3. The second-order valence-electron chi connectivity index (χ2n) is 9.82. The molecular weight excluding hydrogens is 426 g/mol. The van der Waals surface area contributed by atoms with Gasteiger partial charge in [-0.05, 0) is 56.4 Å². The highest BCUT2D eigenvalue weighted by atomic mass is 16.5. The van der Waals surface area contributed by atoms with Gasteiger partial charge in [-0.25, -0.2) is 0 Å². The third-order valence-corrected chi connectivity index (χ3v) is 7.51. The van der Waals surface area contributed by atoms with Gasteiger partial charge in [-0.1, -0.05) is 43.2 Å². The fourth-order valence-corrected chi connectivity index (χ4v) is 5.50. The Kier molecular flexibility index (Phi) is 6.07. The summed E-state index contributed by atoms with van der Waals surface area (Å²) in [7, 11) is 1.64. The van der Waals surface area contributed by atoms with Gasteiger partial charge in [-0.3, -0.25) is 9.59 Å². The first kappa shape index (κ1) is 22.5. The van der Waals surface area contributed by atoms with Crippen LogP contribution in [0.5, 0.6) is 5.75 Å². The molecule has 0 radical (unpaired) electrons. The number of fused-ring (bicyclic) bond motifs is 3. The molecule has 2 heterocycles. The molecule has 6 heteroatoms. The molecule has 1 atom stereocenters. The molecule has 0 bridgehead atoms. The van der Waals surface area contributed by atoms with Crippen LogP contribution in [0.1, 0.15) is 55.1 Å². The van der Waals surface area contributed by atoms with E-state index in [0.717, 1.165) is 55.2 Å². The maximum Gasteiger partial charge on any atom is 0.271 e. The molecule has 1 aliphatic carbocycles. The van der Waals surface area contributed by atoms with Crippen LogP contribution in [0, 0.1) is 0 Å². The monoisotopic (exact) mass is 459 g/mol. The van der Waals surface area contributed by atoms with E-state index in [9.17, 15) is 9.59 Å². The Morgan fingerprint density at radius 1 is 1.12 bits per heavy atom. The maximum atomic E-state index is 13.8. The minimum atomic E-state index is -0.960. The molecule has 2 aromatic carbocycles. The smallest absolute Gasteiger partial charge is 0.271 e. The molecule has 0 spiro atoms. The van der Waals surface area contributed by atoms with Crippen molar-refractivity contribution in [2.75, 3.05) is 13.7 Å². The van der Waals surface area contributed by atoms with E-state index in [1.165, 1.54) is 5.56 Å². The zero-order valence-corrected chi connectivity index (χ0v) is 20.0. The largest absolute Gasteiger partial charge is 0.497 e. The van der Waals surface area contributed by atoms with Gasteiger partial charge in [0.25, 0.3) is 5.91 Å². The van der Waals surface area contributed by atoms with Gasteiger partial charge in [0.15, 0.2) is 0 Å². The van der Waals surface area contributed by atoms with Crippen LogP contribution in [-0.2, 0) is 17.8 Å². The highest BCUT2D eigenvalue weighted by Gasteiger charge is 2.48. The number of nitrogens with one attached hydrogen (secondary N) is 1. The topological polar surface area (TPSA) is 63.6 Å². The summed E-state index contributed by atoms with van der Waals surface area (Å²) in [5.41, 5.74) is 1.84. The summed E-state index contributed by atoms with van der Waals surface area (Å²) in [4.78, 5) is 29.4. The number of hydrogen-bond acceptors (Lipinski definition) is 3. The molecule has 2 aliphatic rings. The lowest BCUT2D eigenvalue weighted by molar-refractivity contribution is -0.133. The lowest BCUT2D eigenvalue weighted by atomic mass is 9.93. The Hall–Kier alpha value is -3.28. The third-order valence-electron chi connectivity index (χ3n) is 7.51. The van der Waals surface area contributed by atoms with Crippen molar-refractivity contribution in [2.45, 2.75) is 63.6 Å². The quantitative estimate of drug-likeness (QED) is 0.564. The van der Waals surface area contributed by atoms with Crippen molar-refractivity contribution in [1.82, 2.24) is 14.8 Å². The number of methoxy groups -OCH3 is 1. The highest BCUT2D eigenvalue weighted by molar-refractivity contribution is 6.03. The molecule has 34 heavy (non-hydrogen) atoms. The van der Waals surface area contributed by atoms with E-state index in [4.69, 9.17) is 4.74 Å². The minimum Gasteiger partial charge on any atom is -0.497 e. The number of carbonyl (C=O) groups is 2. The molecule has 1 aliphatic heterocycles. The molecule has 2 amide bonds. The fourth-order valence-electron chi connectivity index (χ4n) is 5.50. The Bertz CT molecular complexity index is 1200. The lowest BCUT2D eigenvalue weighted by Crippen LogP contribution is -2.64. The molecule has 6 nitrogen and oxygen atoms in total. The van der Waals surface area contributed by atoms with Crippen LogP contribution in [-0.4, -0.2) is 46.5 Å². The summed E-state index contributed by atoms with van der Waals surface area (Å²) < 4.78 is 7.43. The molecule has 3 aromatic rings. The van der Waals surface area contributed by atoms with Crippen LogP contribution in [0.4, 0.5) is 0 Å². The van der Waals surface area contributed by atoms with Crippen molar-refractivity contribution in [1.29, 1.82) is 0 Å². The average molecular weight is 460 g/mol. The predicted molar refractivity (Wildman–Crippen MR) is 133 cm³/mol. The summed E-state index contributed by atoms with van der Waals surface area (Å²) in [6.07, 6.45) is 5.99. The van der Waals surface area contributed by atoms with Gasteiger partial charge in [0.05, 0.1) is 19.2 Å². The minimum absolute atomic E-state index is 0.0529. The number of rotatable bonds is 7. The van der Waals surface area contributed by atoms with Crippen LogP contribution in [0.15, 0.2) is 54.6 Å². The van der Waals surface area contributed by atoms with Crippen molar-refractivity contribution in [3.05, 3.63) is 65.9 Å². The maximum absolute atomic E-state index is 13.8. The van der Waals surface area contributed by atoms with Crippen LogP contribution < -0.4 is 10.1 Å². The SMILES string of the molecule is COc1ccc2cc3n(c2c1)CC(C)(C(=O)NC1CCCC1)N(CCCc1ccccc1)C3=O. The second kappa shape index (κ2) is 9.16. The van der Waals surface area contributed by atoms with E-state index in [2.05, 4.69) is 17.4 Å². The van der Waals surface area contributed by atoms with Crippen molar-refractivity contribution in [3.63, 3.8) is 0 Å². The molecular formula is C28H33N3O3. The number of hydrogen-bond donors (Lipinski definition) is 1. The number of aryl methyl sites for hydroxylation is 1. The van der Waals surface area contributed by atoms with E-state index < -0.39 is 5.54 Å². The van der Waals surface area contributed by atoms with Crippen molar-refractivity contribution in [2.24, 2.45) is 0 Å². The van der Waals surface area contributed by atoms with Crippen LogP contribution >= 0.6 is 0 Å². The Morgan fingerprint density at radius 2 is 1.88 bits per heavy atom. The highest BCUT2D eigenvalue weighted by Crippen LogP contribution is 2.34. The van der Waals surface area contributed by atoms with E-state index in [-0.39, 0.29) is 17.9 Å². The molecule has 0 saturated heterocycles. The van der Waals surface area contributed by atoms with Gasteiger partial charge in [-0.2, -0.15) is 0 Å². The molecule has 1 N–H and O–H groups in total. The van der Waals surface area contributed by atoms with Gasteiger partial charge >= 0.3 is 0 Å². The summed E-state index contributed by atoms with van der Waals surface area (Å²) in [6, 6.07) is 18.3. The third kappa shape index (κ3) is 4.06. The molecule has 178 valence electrons. The van der Waals surface area contributed by atoms with E-state index >= 15 is 0 Å². The molecule has 1 fully saturated rings. The zero-order chi connectivity index (χ0) is 23.7. The standard InChI is InChI=1S/C28H33N3O3/c1-28(27(33)29-22-12-6-7-13-22)19-30-24-18-23(34-2)15-14-21(24)17-25(30)26(32)31(28)16-8-11-20-9-4-3-5-10-20/h3-5,9-10,14-15,17-18,22H,6-8,11-13,16,19H2,1-2H3,(H,29,33).